The molecule has 8 heteroatoms. The van der Waals surface area contributed by atoms with E-state index in [9.17, 15) is 4.79 Å². The third-order valence-electron chi connectivity index (χ3n) is 5.18. The highest BCUT2D eigenvalue weighted by Gasteiger charge is 2.31. The lowest BCUT2D eigenvalue weighted by molar-refractivity contribution is -0.147. The fourth-order valence-corrected chi connectivity index (χ4v) is 3.74. The van der Waals surface area contributed by atoms with Gasteiger partial charge in [0.15, 0.2) is 5.82 Å². The summed E-state index contributed by atoms with van der Waals surface area (Å²) in [6.07, 6.45) is 12.8. The van der Waals surface area contributed by atoms with Gasteiger partial charge in [0.25, 0.3) is 5.91 Å². The summed E-state index contributed by atoms with van der Waals surface area (Å²) in [5.41, 5.74) is 0.921. The van der Waals surface area contributed by atoms with Crippen molar-refractivity contribution in [3.63, 3.8) is 0 Å². The van der Waals surface area contributed by atoms with Crippen LogP contribution in [-0.2, 0) is 9.53 Å². The second kappa shape index (κ2) is 8.39. The maximum absolute atomic E-state index is 12.6. The molecule has 27 heavy (non-hydrogen) atoms. The van der Waals surface area contributed by atoms with E-state index in [2.05, 4.69) is 25.3 Å². The van der Waals surface area contributed by atoms with Crippen LogP contribution >= 0.6 is 0 Å². The SMILES string of the molecule is O=C([C@H]1CCCCO1)N1CCC(c2nccnc2Nc2cnccn2)CC1. The molecule has 0 aliphatic carbocycles. The van der Waals surface area contributed by atoms with Gasteiger partial charge < -0.3 is 15.0 Å². The Morgan fingerprint density at radius 2 is 1.85 bits per heavy atom. The highest BCUT2D eigenvalue weighted by atomic mass is 16.5. The van der Waals surface area contributed by atoms with Crippen LogP contribution in [0.3, 0.4) is 0 Å². The molecular weight excluding hydrogens is 344 g/mol. The van der Waals surface area contributed by atoms with Gasteiger partial charge in [0.2, 0.25) is 0 Å². The molecule has 0 spiro atoms. The van der Waals surface area contributed by atoms with E-state index >= 15 is 0 Å². The number of nitrogens with one attached hydrogen (secondary N) is 1. The molecule has 0 saturated carbocycles. The van der Waals surface area contributed by atoms with Crippen LogP contribution in [0.25, 0.3) is 0 Å². The number of piperidine rings is 1. The molecule has 2 aromatic heterocycles. The quantitative estimate of drug-likeness (QED) is 0.885. The molecule has 1 amide bonds. The van der Waals surface area contributed by atoms with Crippen molar-refractivity contribution in [2.45, 2.75) is 44.1 Å². The van der Waals surface area contributed by atoms with Gasteiger partial charge in [0, 0.05) is 50.4 Å². The summed E-state index contributed by atoms with van der Waals surface area (Å²) in [6, 6.07) is 0. The average Bonchev–Trinajstić information content (AvgIpc) is 2.75. The lowest BCUT2D eigenvalue weighted by Gasteiger charge is -2.35. The number of amides is 1. The van der Waals surface area contributed by atoms with E-state index < -0.39 is 0 Å². The van der Waals surface area contributed by atoms with Gasteiger partial charge >= 0.3 is 0 Å². The summed E-state index contributed by atoms with van der Waals surface area (Å²) in [5, 5.41) is 3.21. The molecule has 2 aliphatic rings. The van der Waals surface area contributed by atoms with Crippen LogP contribution in [0.1, 0.15) is 43.7 Å². The first-order valence-electron chi connectivity index (χ1n) is 9.55. The van der Waals surface area contributed by atoms with Crippen molar-refractivity contribution in [3.05, 3.63) is 36.7 Å². The first-order chi connectivity index (χ1) is 13.3. The van der Waals surface area contributed by atoms with E-state index in [1.54, 1.807) is 31.0 Å². The fraction of sp³-hybridized carbons (Fsp3) is 0.526. The Labute approximate surface area is 158 Å². The lowest BCUT2D eigenvalue weighted by atomic mass is 9.92. The molecular formula is C19H24N6O2. The zero-order valence-corrected chi connectivity index (χ0v) is 15.3. The van der Waals surface area contributed by atoms with Crippen LogP contribution in [0, 0.1) is 0 Å². The van der Waals surface area contributed by atoms with Gasteiger partial charge in [0.1, 0.15) is 11.9 Å². The zero-order chi connectivity index (χ0) is 18.5. The van der Waals surface area contributed by atoms with E-state index in [0.717, 1.165) is 50.9 Å². The second-order valence-electron chi connectivity index (χ2n) is 6.96. The largest absolute Gasteiger partial charge is 0.368 e. The molecule has 0 aromatic carbocycles. The number of ether oxygens (including phenoxy) is 1. The summed E-state index contributed by atoms with van der Waals surface area (Å²) in [6.45, 7) is 2.15. The molecule has 1 atom stereocenters. The minimum Gasteiger partial charge on any atom is -0.368 e. The molecule has 2 aromatic rings. The summed E-state index contributed by atoms with van der Waals surface area (Å²) < 4.78 is 5.65. The van der Waals surface area contributed by atoms with Crippen molar-refractivity contribution in [3.8, 4) is 0 Å². The Balaban J connectivity index is 1.40. The van der Waals surface area contributed by atoms with Crippen molar-refractivity contribution in [1.82, 2.24) is 24.8 Å². The lowest BCUT2D eigenvalue weighted by Crippen LogP contribution is -2.45. The van der Waals surface area contributed by atoms with Gasteiger partial charge in [-0.05, 0) is 32.1 Å². The minimum absolute atomic E-state index is 0.144. The van der Waals surface area contributed by atoms with Gasteiger partial charge in [-0.15, -0.1) is 0 Å². The second-order valence-corrected chi connectivity index (χ2v) is 6.96. The number of hydrogen-bond acceptors (Lipinski definition) is 7. The van der Waals surface area contributed by atoms with Crippen molar-refractivity contribution in [1.29, 1.82) is 0 Å². The number of nitrogens with zero attached hydrogens (tertiary/aromatic N) is 5. The molecule has 0 radical (unpaired) electrons. The van der Waals surface area contributed by atoms with Crippen LogP contribution in [0.15, 0.2) is 31.0 Å². The minimum atomic E-state index is -0.249. The molecule has 142 valence electrons. The van der Waals surface area contributed by atoms with Gasteiger partial charge in [-0.1, -0.05) is 0 Å². The van der Waals surface area contributed by atoms with Gasteiger partial charge in [-0.3, -0.25) is 14.8 Å². The third-order valence-corrected chi connectivity index (χ3v) is 5.18. The summed E-state index contributed by atoms with van der Waals surface area (Å²) in [4.78, 5) is 31.9. The smallest absolute Gasteiger partial charge is 0.251 e. The van der Waals surface area contributed by atoms with E-state index in [0.29, 0.717) is 18.2 Å². The Morgan fingerprint density at radius 1 is 1.04 bits per heavy atom. The van der Waals surface area contributed by atoms with E-state index in [4.69, 9.17) is 4.74 Å². The number of hydrogen-bond donors (Lipinski definition) is 1. The summed E-state index contributed by atoms with van der Waals surface area (Å²) in [7, 11) is 0. The predicted molar refractivity (Wildman–Crippen MR) is 99.5 cm³/mol. The number of aromatic nitrogens is 4. The average molecular weight is 368 g/mol. The standard InChI is InChI=1S/C19H24N6O2/c26-19(15-3-1-2-12-27-15)25-10-4-14(5-11-25)17-18(23-9-8-22-17)24-16-13-20-6-7-21-16/h6-9,13-15H,1-5,10-12H2,(H,21,23,24)/t15-/m1/s1. The van der Waals surface area contributed by atoms with Crippen LogP contribution < -0.4 is 5.32 Å². The number of rotatable bonds is 4. The number of carbonyl (C=O) groups is 1. The van der Waals surface area contributed by atoms with Crippen molar-refractivity contribution >= 4 is 17.5 Å². The van der Waals surface area contributed by atoms with Crippen LogP contribution in [0.4, 0.5) is 11.6 Å². The Morgan fingerprint density at radius 3 is 2.59 bits per heavy atom. The highest BCUT2D eigenvalue weighted by molar-refractivity contribution is 5.81. The van der Waals surface area contributed by atoms with Crippen LogP contribution in [-0.4, -0.2) is 56.5 Å². The number of anilines is 2. The van der Waals surface area contributed by atoms with Crippen molar-refractivity contribution < 1.29 is 9.53 Å². The van der Waals surface area contributed by atoms with Gasteiger partial charge in [-0.2, -0.15) is 0 Å². The maximum Gasteiger partial charge on any atom is 0.251 e. The summed E-state index contributed by atoms with van der Waals surface area (Å²) >= 11 is 0. The van der Waals surface area contributed by atoms with Gasteiger partial charge in [0.05, 0.1) is 11.9 Å². The first-order valence-corrected chi connectivity index (χ1v) is 9.55. The van der Waals surface area contributed by atoms with Crippen LogP contribution in [0.2, 0.25) is 0 Å². The molecule has 1 N–H and O–H groups in total. The van der Waals surface area contributed by atoms with E-state index in [1.807, 2.05) is 4.90 Å². The Hall–Kier alpha value is -2.61. The highest BCUT2D eigenvalue weighted by Crippen LogP contribution is 2.31. The number of carbonyl (C=O) groups excluding carboxylic acids is 1. The molecule has 0 bridgehead atoms. The Bertz CT molecular complexity index is 758. The molecule has 2 fully saturated rings. The Kier molecular flexibility index (Phi) is 5.53. The topological polar surface area (TPSA) is 93.1 Å². The first kappa shape index (κ1) is 17.8. The molecule has 0 unspecified atom stereocenters. The van der Waals surface area contributed by atoms with E-state index in [-0.39, 0.29) is 17.9 Å². The molecule has 4 heterocycles. The predicted octanol–water partition coefficient (Wildman–Crippen LogP) is 2.29. The van der Waals surface area contributed by atoms with Crippen LogP contribution in [0.5, 0.6) is 0 Å². The van der Waals surface area contributed by atoms with Crippen molar-refractivity contribution in [2.75, 3.05) is 25.0 Å². The fourth-order valence-electron chi connectivity index (χ4n) is 3.74. The molecule has 2 saturated heterocycles. The normalized spacial score (nSPS) is 21.0. The third kappa shape index (κ3) is 4.21. The molecule has 2 aliphatic heterocycles. The van der Waals surface area contributed by atoms with E-state index in [1.165, 1.54) is 0 Å². The maximum atomic E-state index is 12.6. The van der Waals surface area contributed by atoms with Crippen molar-refractivity contribution in [2.24, 2.45) is 0 Å². The summed E-state index contributed by atoms with van der Waals surface area (Å²) in [5.74, 6) is 1.75. The van der Waals surface area contributed by atoms with Gasteiger partial charge in [-0.25, -0.2) is 9.97 Å². The molecule has 8 nitrogen and oxygen atoms in total. The molecule has 4 rings (SSSR count). The monoisotopic (exact) mass is 368 g/mol. The zero-order valence-electron chi connectivity index (χ0n) is 15.3. The number of likely N-dealkylation sites (tertiary alicyclic amines) is 1.